The maximum atomic E-state index is 12.7. The van der Waals surface area contributed by atoms with Gasteiger partial charge in [0.15, 0.2) is 5.16 Å². The van der Waals surface area contributed by atoms with Gasteiger partial charge in [-0.3, -0.25) is 14.2 Å². The molecule has 8 nitrogen and oxygen atoms in total. The van der Waals surface area contributed by atoms with Crippen LogP contribution in [0.25, 0.3) is 5.69 Å². The van der Waals surface area contributed by atoms with E-state index in [4.69, 9.17) is 0 Å². The van der Waals surface area contributed by atoms with Crippen LogP contribution in [0.5, 0.6) is 0 Å². The van der Waals surface area contributed by atoms with Crippen molar-refractivity contribution in [1.29, 1.82) is 5.26 Å². The third-order valence-corrected chi connectivity index (χ3v) is 7.47. The first kappa shape index (κ1) is 23.0. The van der Waals surface area contributed by atoms with Crippen LogP contribution < -0.4 is 10.6 Å². The fraction of sp³-hybridized carbons (Fsp3) is 0.348. The lowest BCUT2D eigenvalue weighted by Gasteiger charge is -2.10. The molecule has 2 N–H and O–H groups in total. The van der Waals surface area contributed by atoms with Crippen molar-refractivity contribution in [3.05, 3.63) is 46.1 Å². The normalized spacial score (nSPS) is 13.0. The minimum atomic E-state index is -0.188. The monoisotopic (exact) mass is 480 g/mol. The topological polar surface area (TPSA) is 113 Å². The summed E-state index contributed by atoms with van der Waals surface area (Å²) in [7, 11) is 0. The van der Waals surface area contributed by atoms with Gasteiger partial charge in [-0.15, -0.1) is 21.5 Å². The molecule has 2 aromatic heterocycles. The SMILES string of the molecule is CC(=O)Nc1cccc(-n2c(C)nnc2SCC(=O)Nc2sc3c(c2C#N)CCCCC3)c1. The van der Waals surface area contributed by atoms with Gasteiger partial charge in [0.2, 0.25) is 11.8 Å². The van der Waals surface area contributed by atoms with Gasteiger partial charge in [-0.1, -0.05) is 24.2 Å². The molecule has 10 heteroatoms. The van der Waals surface area contributed by atoms with Crippen molar-refractivity contribution in [2.45, 2.75) is 51.1 Å². The highest BCUT2D eigenvalue weighted by molar-refractivity contribution is 7.99. The number of thioether (sulfide) groups is 1. The van der Waals surface area contributed by atoms with Crippen LogP contribution in [0.2, 0.25) is 0 Å². The second kappa shape index (κ2) is 10.2. The molecule has 0 unspecified atom stereocenters. The number of benzene rings is 1. The van der Waals surface area contributed by atoms with Gasteiger partial charge in [-0.2, -0.15) is 5.26 Å². The van der Waals surface area contributed by atoms with E-state index in [1.165, 1.54) is 41.3 Å². The van der Waals surface area contributed by atoms with Gasteiger partial charge >= 0.3 is 0 Å². The first-order valence-electron chi connectivity index (χ1n) is 10.7. The Kier molecular flexibility index (Phi) is 7.11. The smallest absolute Gasteiger partial charge is 0.235 e. The standard InChI is InChI=1S/C23H24N6O2S2/c1-14-27-28-23(29(14)17-8-6-7-16(11-17)25-15(2)30)32-13-21(31)26-22-19(12-24)18-9-4-3-5-10-20(18)33-22/h6-8,11H,3-5,9-10,13H2,1-2H3,(H,25,30)(H,26,31). The highest BCUT2D eigenvalue weighted by Gasteiger charge is 2.21. The molecule has 170 valence electrons. The van der Waals surface area contributed by atoms with Crippen molar-refractivity contribution in [3.63, 3.8) is 0 Å². The second-order valence-electron chi connectivity index (χ2n) is 7.81. The van der Waals surface area contributed by atoms with Gasteiger partial charge < -0.3 is 10.6 Å². The number of carbonyl (C=O) groups is 2. The zero-order valence-corrected chi connectivity index (χ0v) is 20.1. The Labute approximate surface area is 200 Å². The molecular weight excluding hydrogens is 456 g/mol. The Morgan fingerprint density at radius 2 is 2.03 bits per heavy atom. The number of hydrogen-bond donors (Lipinski definition) is 2. The number of nitriles is 1. The van der Waals surface area contributed by atoms with E-state index in [-0.39, 0.29) is 17.6 Å². The number of aromatic nitrogens is 3. The molecule has 2 heterocycles. The molecule has 0 bridgehead atoms. The Balaban J connectivity index is 1.47. The van der Waals surface area contributed by atoms with Crippen LogP contribution in [-0.2, 0) is 22.4 Å². The molecule has 0 atom stereocenters. The Bertz CT molecular complexity index is 1240. The minimum absolute atomic E-state index is 0.136. The maximum Gasteiger partial charge on any atom is 0.235 e. The molecular formula is C23H24N6O2S2. The highest BCUT2D eigenvalue weighted by atomic mass is 32.2. The molecule has 1 aromatic carbocycles. The lowest BCUT2D eigenvalue weighted by Crippen LogP contribution is -2.14. The van der Waals surface area contributed by atoms with Crippen molar-refractivity contribution in [1.82, 2.24) is 14.8 Å². The largest absolute Gasteiger partial charge is 0.326 e. The fourth-order valence-corrected chi connectivity index (χ4v) is 5.95. The summed E-state index contributed by atoms with van der Waals surface area (Å²) in [6.45, 7) is 3.29. The summed E-state index contributed by atoms with van der Waals surface area (Å²) in [5.74, 6) is 0.469. The van der Waals surface area contributed by atoms with E-state index in [2.05, 4.69) is 26.9 Å². The highest BCUT2D eigenvalue weighted by Crippen LogP contribution is 2.37. The number of hydrogen-bond acceptors (Lipinski definition) is 7. The summed E-state index contributed by atoms with van der Waals surface area (Å²) in [6, 6.07) is 9.67. The van der Waals surface area contributed by atoms with Gasteiger partial charge in [0.25, 0.3) is 0 Å². The van der Waals surface area contributed by atoms with Gasteiger partial charge in [-0.05, 0) is 56.4 Å². The van der Waals surface area contributed by atoms with E-state index in [1.54, 1.807) is 6.07 Å². The van der Waals surface area contributed by atoms with E-state index >= 15 is 0 Å². The number of thiophene rings is 1. The van der Waals surface area contributed by atoms with Crippen molar-refractivity contribution in [3.8, 4) is 11.8 Å². The minimum Gasteiger partial charge on any atom is -0.326 e. The van der Waals surface area contributed by atoms with Crippen LogP contribution in [0.15, 0.2) is 29.4 Å². The van der Waals surface area contributed by atoms with E-state index in [0.29, 0.717) is 27.2 Å². The Morgan fingerprint density at radius 3 is 2.82 bits per heavy atom. The van der Waals surface area contributed by atoms with E-state index in [1.807, 2.05) is 29.7 Å². The molecule has 3 aromatic rings. The van der Waals surface area contributed by atoms with Gasteiger partial charge in [0, 0.05) is 17.5 Å². The molecule has 4 rings (SSSR count). The van der Waals surface area contributed by atoms with Crippen LogP contribution in [-0.4, -0.2) is 32.3 Å². The number of nitrogens with zero attached hydrogens (tertiary/aromatic N) is 4. The zero-order chi connectivity index (χ0) is 23.4. The first-order chi connectivity index (χ1) is 16.0. The third-order valence-electron chi connectivity index (χ3n) is 5.34. The molecule has 0 radical (unpaired) electrons. The Morgan fingerprint density at radius 1 is 1.21 bits per heavy atom. The summed E-state index contributed by atoms with van der Waals surface area (Å²) in [5, 5.41) is 25.0. The van der Waals surface area contributed by atoms with Gasteiger partial charge in [0.1, 0.15) is 16.9 Å². The van der Waals surface area contributed by atoms with E-state index in [0.717, 1.165) is 36.9 Å². The molecule has 2 amide bonds. The molecule has 33 heavy (non-hydrogen) atoms. The number of rotatable bonds is 6. The average molecular weight is 481 g/mol. The van der Waals surface area contributed by atoms with Gasteiger partial charge in [-0.25, -0.2) is 0 Å². The molecule has 0 spiro atoms. The number of anilines is 2. The van der Waals surface area contributed by atoms with E-state index < -0.39 is 0 Å². The van der Waals surface area contributed by atoms with Crippen LogP contribution in [0, 0.1) is 18.3 Å². The first-order valence-corrected chi connectivity index (χ1v) is 12.5. The van der Waals surface area contributed by atoms with Crippen molar-refractivity contribution < 1.29 is 9.59 Å². The van der Waals surface area contributed by atoms with Crippen molar-refractivity contribution in [2.75, 3.05) is 16.4 Å². The maximum absolute atomic E-state index is 12.7. The predicted molar refractivity (Wildman–Crippen MR) is 130 cm³/mol. The Hall–Kier alpha value is -3.16. The predicted octanol–water partition coefficient (Wildman–Crippen LogP) is 4.47. The second-order valence-corrected chi connectivity index (χ2v) is 9.86. The summed E-state index contributed by atoms with van der Waals surface area (Å²) >= 11 is 2.80. The molecule has 0 saturated carbocycles. The van der Waals surface area contributed by atoms with Crippen LogP contribution in [0.4, 0.5) is 10.7 Å². The average Bonchev–Trinajstić information content (AvgIpc) is 3.21. The quantitative estimate of drug-likeness (QED) is 0.398. The summed E-state index contributed by atoms with van der Waals surface area (Å²) in [5.41, 5.74) is 3.19. The van der Waals surface area contributed by atoms with E-state index in [9.17, 15) is 14.9 Å². The number of aryl methyl sites for hydroxylation is 2. The molecule has 0 aliphatic heterocycles. The van der Waals surface area contributed by atoms with Crippen molar-refractivity contribution in [2.24, 2.45) is 0 Å². The summed E-state index contributed by atoms with van der Waals surface area (Å²) in [6.07, 6.45) is 5.26. The summed E-state index contributed by atoms with van der Waals surface area (Å²) in [4.78, 5) is 25.3. The summed E-state index contributed by atoms with van der Waals surface area (Å²) < 4.78 is 1.84. The lowest BCUT2D eigenvalue weighted by atomic mass is 10.1. The van der Waals surface area contributed by atoms with Crippen LogP contribution in [0.3, 0.4) is 0 Å². The number of fused-ring (bicyclic) bond motifs is 1. The van der Waals surface area contributed by atoms with Crippen molar-refractivity contribution >= 4 is 45.6 Å². The van der Waals surface area contributed by atoms with Crippen LogP contribution in [0.1, 0.15) is 48.0 Å². The zero-order valence-electron chi connectivity index (χ0n) is 18.5. The molecule has 1 aliphatic carbocycles. The fourth-order valence-electron chi connectivity index (χ4n) is 3.90. The number of nitrogens with one attached hydrogen (secondary N) is 2. The number of carbonyl (C=O) groups excluding carboxylic acids is 2. The van der Waals surface area contributed by atoms with Crippen LogP contribution >= 0.6 is 23.1 Å². The number of amides is 2. The lowest BCUT2D eigenvalue weighted by molar-refractivity contribution is -0.114. The molecule has 0 fully saturated rings. The molecule has 0 saturated heterocycles. The third kappa shape index (κ3) is 5.26. The van der Waals surface area contributed by atoms with Gasteiger partial charge in [0.05, 0.1) is 17.0 Å². The molecule has 1 aliphatic rings.